The molecule has 2 aromatic heterocycles. The van der Waals surface area contributed by atoms with E-state index in [-0.39, 0.29) is 18.3 Å². The smallest absolute Gasteiger partial charge is 0.293 e. The minimum atomic E-state index is -0.338. The molecule has 34 heavy (non-hydrogen) atoms. The highest BCUT2D eigenvalue weighted by molar-refractivity contribution is 7.15. The number of aromatic nitrogens is 1. The molecule has 0 saturated carbocycles. The van der Waals surface area contributed by atoms with Crippen molar-refractivity contribution in [3.05, 3.63) is 112 Å². The minimum absolute atomic E-state index is 0.222. The second-order valence-corrected chi connectivity index (χ2v) is 9.37. The molecule has 3 aromatic carbocycles. The van der Waals surface area contributed by atoms with Gasteiger partial charge in [-0.15, -0.1) is 11.3 Å². The largest absolute Gasteiger partial charge is 0.489 e. The van der Waals surface area contributed by atoms with Gasteiger partial charge in [0.2, 0.25) is 0 Å². The van der Waals surface area contributed by atoms with Gasteiger partial charge >= 0.3 is 0 Å². The zero-order chi connectivity index (χ0) is 23.5. The Morgan fingerprint density at radius 1 is 1.00 bits per heavy atom. The van der Waals surface area contributed by atoms with E-state index in [1.165, 1.54) is 22.5 Å². The van der Waals surface area contributed by atoms with Crippen molar-refractivity contribution in [3.8, 4) is 5.75 Å². The molecule has 5 rings (SSSR count). The number of hydrogen-bond acceptors (Lipinski definition) is 5. The predicted octanol–water partition coefficient (Wildman–Crippen LogP) is 6.93. The van der Waals surface area contributed by atoms with Crippen molar-refractivity contribution in [2.24, 2.45) is 0 Å². The molecule has 1 amide bonds. The number of nitrogens with zero attached hydrogens (tertiary/aromatic N) is 1. The average Bonchev–Trinajstić information content (AvgIpc) is 3.43. The fraction of sp³-hybridized carbons (Fsp3) is 0.143. The van der Waals surface area contributed by atoms with Crippen LogP contribution in [0.1, 0.15) is 37.7 Å². The van der Waals surface area contributed by atoms with Gasteiger partial charge in [-0.3, -0.25) is 10.1 Å². The van der Waals surface area contributed by atoms with E-state index in [2.05, 4.69) is 41.5 Å². The number of para-hydroxylation sites is 1. The lowest BCUT2D eigenvalue weighted by Crippen LogP contribution is -2.13. The summed E-state index contributed by atoms with van der Waals surface area (Å²) in [6.45, 7) is 4.33. The Balaban J connectivity index is 1.35. The second-order valence-electron chi connectivity index (χ2n) is 8.26. The molecule has 0 unspecified atom stereocenters. The third-order valence-corrected chi connectivity index (χ3v) is 6.46. The van der Waals surface area contributed by atoms with Gasteiger partial charge in [-0.1, -0.05) is 65.7 Å². The van der Waals surface area contributed by atoms with Gasteiger partial charge in [0.25, 0.3) is 5.91 Å². The number of carbonyl (C=O) groups excluding carboxylic acids is 1. The predicted molar refractivity (Wildman–Crippen MR) is 136 cm³/mol. The molecule has 6 heteroatoms. The highest BCUT2D eigenvalue weighted by atomic mass is 32.1. The summed E-state index contributed by atoms with van der Waals surface area (Å²) >= 11 is 1.46. The number of rotatable bonds is 7. The summed E-state index contributed by atoms with van der Waals surface area (Å²) in [5, 5.41) is 4.30. The molecule has 1 N–H and O–H groups in total. The molecule has 0 bridgehead atoms. The van der Waals surface area contributed by atoms with Crippen LogP contribution in [0, 0.1) is 13.8 Å². The minimum Gasteiger partial charge on any atom is -0.489 e. The second kappa shape index (κ2) is 9.53. The number of anilines is 1. The fourth-order valence-corrected chi connectivity index (χ4v) is 4.68. The Morgan fingerprint density at radius 3 is 2.65 bits per heavy atom. The van der Waals surface area contributed by atoms with Gasteiger partial charge in [-0.25, -0.2) is 4.98 Å². The van der Waals surface area contributed by atoms with Gasteiger partial charge in [-0.2, -0.15) is 0 Å². The van der Waals surface area contributed by atoms with Crippen molar-refractivity contribution in [2.75, 3.05) is 5.32 Å². The number of aryl methyl sites for hydroxylation is 2. The summed E-state index contributed by atoms with van der Waals surface area (Å²) in [4.78, 5) is 18.7. The van der Waals surface area contributed by atoms with E-state index in [0.29, 0.717) is 16.3 Å². The quantitative estimate of drug-likeness (QED) is 0.281. The van der Waals surface area contributed by atoms with Crippen LogP contribution in [0.3, 0.4) is 0 Å². The molecule has 0 aliphatic carbocycles. The van der Waals surface area contributed by atoms with Crippen LogP contribution in [0.4, 0.5) is 5.13 Å². The van der Waals surface area contributed by atoms with Gasteiger partial charge in [0, 0.05) is 28.4 Å². The van der Waals surface area contributed by atoms with Gasteiger partial charge in [0.15, 0.2) is 10.9 Å². The zero-order valence-corrected chi connectivity index (χ0v) is 19.8. The molecule has 0 atom stereocenters. The molecular weight excluding hydrogens is 444 g/mol. The third kappa shape index (κ3) is 4.87. The Kier molecular flexibility index (Phi) is 6.14. The van der Waals surface area contributed by atoms with Crippen molar-refractivity contribution >= 4 is 33.3 Å². The molecular formula is C28H24N2O3S. The highest BCUT2D eigenvalue weighted by Crippen LogP contribution is 2.29. The highest BCUT2D eigenvalue weighted by Gasteiger charge is 2.22. The number of nitrogens with one attached hydrogen (secondary N) is 1. The molecule has 0 radical (unpaired) electrons. The number of carbonyl (C=O) groups is 1. The van der Waals surface area contributed by atoms with E-state index in [0.717, 1.165) is 28.0 Å². The molecule has 2 heterocycles. The number of fused-ring (bicyclic) bond motifs is 1. The number of hydrogen-bond donors (Lipinski definition) is 1. The first-order valence-electron chi connectivity index (χ1n) is 11.1. The summed E-state index contributed by atoms with van der Waals surface area (Å²) < 4.78 is 11.9. The maximum Gasteiger partial charge on any atom is 0.293 e. The average molecular weight is 469 g/mol. The molecule has 0 fully saturated rings. The van der Waals surface area contributed by atoms with Crippen molar-refractivity contribution in [3.63, 3.8) is 0 Å². The summed E-state index contributed by atoms with van der Waals surface area (Å²) in [6, 6.07) is 23.8. The lowest BCUT2D eigenvalue weighted by atomic mass is 10.1. The number of amides is 1. The van der Waals surface area contributed by atoms with E-state index in [4.69, 9.17) is 9.15 Å². The van der Waals surface area contributed by atoms with Crippen molar-refractivity contribution in [1.29, 1.82) is 0 Å². The number of ether oxygens (including phenoxy) is 1. The molecule has 0 saturated heterocycles. The molecule has 170 valence electrons. The van der Waals surface area contributed by atoms with Gasteiger partial charge < -0.3 is 9.15 Å². The lowest BCUT2D eigenvalue weighted by molar-refractivity contribution is 0.0995. The van der Waals surface area contributed by atoms with Crippen LogP contribution in [-0.4, -0.2) is 10.9 Å². The number of thiazole rings is 1. The Labute approximate surface area is 202 Å². The van der Waals surface area contributed by atoms with Crippen LogP contribution >= 0.6 is 11.3 Å². The molecule has 5 aromatic rings. The van der Waals surface area contributed by atoms with Crippen LogP contribution in [-0.2, 0) is 13.0 Å². The standard InChI is InChI=1S/C28H24N2O3S/c1-18-10-12-21(13-11-18)32-17-24-23-8-3-4-9-25(23)33-26(24)27(31)30-28-29-16-22(34-28)15-20-7-5-6-19(2)14-20/h3-14,16H,15,17H2,1-2H3,(H,29,30,31). The third-order valence-electron chi connectivity index (χ3n) is 5.54. The normalized spacial score (nSPS) is 11.0. The van der Waals surface area contributed by atoms with Crippen LogP contribution in [0.5, 0.6) is 5.75 Å². The van der Waals surface area contributed by atoms with Crippen LogP contribution in [0.25, 0.3) is 11.0 Å². The van der Waals surface area contributed by atoms with E-state index >= 15 is 0 Å². The number of furan rings is 1. The molecule has 5 nitrogen and oxygen atoms in total. The van der Waals surface area contributed by atoms with Crippen LogP contribution in [0.15, 0.2) is 83.4 Å². The number of benzene rings is 3. The maximum atomic E-state index is 13.2. The fourth-order valence-electron chi connectivity index (χ4n) is 3.84. The molecule has 0 aliphatic rings. The van der Waals surface area contributed by atoms with E-state index in [1.807, 2.05) is 61.7 Å². The first kappa shape index (κ1) is 21.9. The molecule has 0 aliphatic heterocycles. The van der Waals surface area contributed by atoms with Gasteiger partial charge in [0.05, 0.1) is 0 Å². The van der Waals surface area contributed by atoms with Crippen molar-refractivity contribution < 1.29 is 13.9 Å². The van der Waals surface area contributed by atoms with Crippen LogP contribution < -0.4 is 10.1 Å². The van der Waals surface area contributed by atoms with E-state index < -0.39 is 0 Å². The van der Waals surface area contributed by atoms with Gasteiger partial charge in [-0.05, 0) is 37.6 Å². The summed E-state index contributed by atoms with van der Waals surface area (Å²) in [5.41, 5.74) is 4.96. The zero-order valence-electron chi connectivity index (χ0n) is 19.0. The summed E-state index contributed by atoms with van der Waals surface area (Å²) in [5.74, 6) is 0.641. The molecule has 0 spiro atoms. The van der Waals surface area contributed by atoms with Crippen LogP contribution in [0.2, 0.25) is 0 Å². The Morgan fingerprint density at radius 2 is 1.82 bits per heavy atom. The Bertz CT molecular complexity index is 1450. The van der Waals surface area contributed by atoms with Crippen molar-refractivity contribution in [1.82, 2.24) is 4.98 Å². The van der Waals surface area contributed by atoms with E-state index in [9.17, 15) is 4.79 Å². The first-order valence-corrected chi connectivity index (χ1v) is 11.9. The van der Waals surface area contributed by atoms with Crippen molar-refractivity contribution in [2.45, 2.75) is 26.9 Å². The summed E-state index contributed by atoms with van der Waals surface area (Å²) in [7, 11) is 0. The van der Waals surface area contributed by atoms with Gasteiger partial charge in [0.1, 0.15) is 17.9 Å². The monoisotopic (exact) mass is 468 g/mol. The Hall–Kier alpha value is -3.90. The lowest BCUT2D eigenvalue weighted by Gasteiger charge is -2.07. The topological polar surface area (TPSA) is 64.4 Å². The first-order chi connectivity index (χ1) is 16.5. The SMILES string of the molecule is Cc1ccc(OCc2c(C(=O)Nc3ncc(Cc4cccc(C)c4)s3)oc3ccccc23)cc1. The summed E-state index contributed by atoms with van der Waals surface area (Å²) in [6.07, 6.45) is 2.58. The van der Waals surface area contributed by atoms with E-state index in [1.54, 1.807) is 0 Å². The maximum absolute atomic E-state index is 13.2.